The number of benzene rings is 1. The van der Waals surface area contributed by atoms with Crippen molar-refractivity contribution in [2.45, 2.75) is 13.0 Å². The first-order valence-corrected chi connectivity index (χ1v) is 6.07. The van der Waals surface area contributed by atoms with Gasteiger partial charge in [0.25, 0.3) is 5.56 Å². The van der Waals surface area contributed by atoms with E-state index in [0.29, 0.717) is 10.1 Å². The molecule has 0 saturated heterocycles. The molecular formula is C11H11N3O3S. The molecule has 0 aliphatic rings. The zero-order valence-corrected chi connectivity index (χ0v) is 10.2. The Morgan fingerprint density at radius 3 is 2.78 bits per heavy atom. The van der Waals surface area contributed by atoms with E-state index < -0.39 is 5.91 Å². The van der Waals surface area contributed by atoms with Crippen LogP contribution in [0.15, 0.2) is 33.9 Å². The van der Waals surface area contributed by atoms with Gasteiger partial charge in [0.15, 0.2) is 0 Å². The lowest BCUT2D eigenvalue weighted by Gasteiger charge is -2.04. The lowest BCUT2D eigenvalue weighted by atomic mass is 10.3. The maximum atomic E-state index is 12.1. The van der Waals surface area contributed by atoms with Crippen molar-refractivity contribution in [2.75, 3.05) is 0 Å². The summed E-state index contributed by atoms with van der Waals surface area (Å²) < 4.78 is 1.70. The predicted molar refractivity (Wildman–Crippen MR) is 69.3 cm³/mol. The molecular weight excluding hydrogens is 254 g/mol. The summed E-state index contributed by atoms with van der Waals surface area (Å²) in [5.74, 6) is 4.52. The molecule has 0 saturated carbocycles. The summed E-state index contributed by atoms with van der Waals surface area (Å²) in [5, 5.41) is 0.482. The smallest absolute Gasteiger partial charge is 0.294 e. The minimum atomic E-state index is -0.417. The summed E-state index contributed by atoms with van der Waals surface area (Å²) in [6, 6.07) is 6.88. The molecule has 1 aromatic carbocycles. The molecule has 0 aliphatic carbocycles. The van der Waals surface area contributed by atoms with Gasteiger partial charge in [-0.2, -0.15) is 0 Å². The van der Waals surface area contributed by atoms with E-state index in [1.165, 1.54) is 0 Å². The highest BCUT2D eigenvalue weighted by Gasteiger charge is 2.08. The topological polar surface area (TPSA) is 94.2 Å². The zero-order chi connectivity index (χ0) is 13.1. The van der Waals surface area contributed by atoms with Gasteiger partial charge < -0.3 is 0 Å². The van der Waals surface area contributed by atoms with Crippen LogP contribution in [-0.4, -0.2) is 10.5 Å². The van der Waals surface area contributed by atoms with Gasteiger partial charge in [0.2, 0.25) is 5.91 Å². The minimum Gasteiger partial charge on any atom is -0.294 e. The van der Waals surface area contributed by atoms with Crippen molar-refractivity contribution in [2.24, 2.45) is 5.84 Å². The number of fused-ring (bicyclic) bond motifs is 1. The van der Waals surface area contributed by atoms with Gasteiger partial charge in [-0.05, 0) is 12.1 Å². The maximum absolute atomic E-state index is 12.1. The van der Waals surface area contributed by atoms with Crippen molar-refractivity contribution in [3.05, 3.63) is 44.3 Å². The average molecular weight is 265 g/mol. The summed E-state index contributed by atoms with van der Waals surface area (Å²) in [5.41, 5.74) is 1.58. The quantitative estimate of drug-likeness (QED) is 0.456. The van der Waals surface area contributed by atoms with Crippen LogP contribution in [-0.2, 0) is 11.3 Å². The Balaban J connectivity index is 2.48. The van der Waals surface area contributed by atoms with Crippen molar-refractivity contribution in [3.8, 4) is 0 Å². The molecule has 18 heavy (non-hydrogen) atoms. The highest BCUT2D eigenvalue weighted by molar-refractivity contribution is 7.16. The fourth-order valence-electron chi connectivity index (χ4n) is 1.59. The molecule has 0 fully saturated rings. The van der Waals surface area contributed by atoms with E-state index in [0.717, 1.165) is 15.9 Å². The molecule has 0 unspecified atom stereocenters. The number of hydrogen-bond acceptors (Lipinski definition) is 5. The van der Waals surface area contributed by atoms with E-state index in [1.54, 1.807) is 24.3 Å². The van der Waals surface area contributed by atoms with Crippen molar-refractivity contribution in [1.29, 1.82) is 0 Å². The molecule has 2 rings (SSSR count). The second kappa shape index (κ2) is 5.11. The van der Waals surface area contributed by atoms with Gasteiger partial charge in [0.1, 0.15) is 0 Å². The lowest BCUT2D eigenvalue weighted by molar-refractivity contribution is -0.121. The third-order valence-electron chi connectivity index (χ3n) is 2.50. The van der Waals surface area contributed by atoms with Crippen LogP contribution in [0.1, 0.15) is 6.42 Å². The predicted octanol–water partition coefficient (Wildman–Crippen LogP) is -0.197. The summed E-state index contributed by atoms with van der Waals surface area (Å²) >= 11 is 0.986. The number of hydrogen-bond donors (Lipinski definition) is 2. The number of aromatic nitrogens is 1. The van der Waals surface area contributed by atoms with Crippen LogP contribution >= 0.6 is 11.3 Å². The lowest BCUT2D eigenvalue weighted by Crippen LogP contribution is -2.35. The number of hydrazine groups is 1. The van der Waals surface area contributed by atoms with E-state index in [2.05, 4.69) is 0 Å². The first-order valence-electron chi connectivity index (χ1n) is 5.25. The monoisotopic (exact) mass is 265 g/mol. The highest BCUT2D eigenvalue weighted by Crippen LogP contribution is 2.10. The molecule has 1 amide bonds. The van der Waals surface area contributed by atoms with Gasteiger partial charge in [-0.1, -0.05) is 23.5 Å². The number of rotatable bonds is 3. The van der Waals surface area contributed by atoms with Crippen LogP contribution in [0.5, 0.6) is 0 Å². The van der Waals surface area contributed by atoms with Crippen molar-refractivity contribution < 1.29 is 4.79 Å². The minimum absolute atomic E-state index is 0.00327. The molecule has 2 aromatic rings. The third-order valence-corrected chi connectivity index (χ3v) is 3.47. The van der Waals surface area contributed by atoms with Crippen molar-refractivity contribution in [1.82, 2.24) is 9.99 Å². The number of nitrogens with one attached hydrogen (secondary N) is 1. The molecule has 6 nitrogen and oxygen atoms in total. The number of carbonyl (C=O) groups is 1. The molecule has 94 valence electrons. The van der Waals surface area contributed by atoms with Gasteiger partial charge in [-0.25, -0.2) is 5.84 Å². The second-order valence-electron chi connectivity index (χ2n) is 3.64. The summed E-state index contributed by atoms with van der Waals surface area (Å²) in [6.07, 6.45) is -0.00327. The Labute approximate surface area is 106 Å². The van der Waals surface area contributed by atoms with E-state index in [-0.39, 0.29) is 23.4 Å². The zero-order valence-electron chi connectivity index (χ0n) is 9.38. The Kier molecular flexibility index (Phi) is 3.54. The average Bonchev–Trinajstić information content (AvgIpc) is 2.38. The first kappa shape index (κ1) is 12.5. The molecule has 1 heterocycles. The fraction of sp³-hybridized carbons (Fsp3) is 0.182. The van der Waals surface area contributed by atoms with Gasteiger partial charge in [-0.3, -0.25) is 24.4 Å². The third kappa shape index (κ3) is 2.31. The van der Waals surface area contributed by atoms with Gasteiger partial charge in [0, 0.05) is 17.7 Å². The van der Waals surface area contributed by atoms with Crippen molar-refractivity contribution >= 4 is 27.3 Å². The van der Waals surface area contributed by atoms with Crippen LogP contribution < -0.4 is 21.7 Å². The van der Waals surface area contributed by atoms with Crippen LogP contribution in [0.3, 0.4) is 0 Å². The summed E-state index contributed by atoms with van der Waals surface area (Å²) in [4.78, 5) is 34.5. The van der Waals surface area contributed by atoms with E-state index >= 15 is 0 Å². The molecule has 7 heteroatoms. The Bertz CT molecular complexity index is 704. The number of carbonyl (C=O) groups excluding carboxylic acids is 1. The molecule has 0 bridgehead atoms. The fourth-order valence-corrected chi connectivity index (χ4v) is 2.47. The van der Waals surface area contributed by atoms with Gasteiger partial charge in [-0.15, -0.1) is 0 Å². The standard InChI is InChI=1S/C11H11N3O3S/c12-13-9(15)5-6-14-10(16)7-3-1-2-4-8(7)18-11(14)17/h1-4H,5-6,12H2,(H,13,15). The number of nitrogens with two attached hydrogens (primary N) is 1. The Hall–Kier alpha value is -1.99. The number of nitrogens with zero attached hydrogens (tertiary/aromatic N) is 1. The largest absolute Gasteiger partial charge is 0.310 e. The van der Waals surface area contributed by atoms with Gasteiger partial charge >= 0.3 is 4.87 Å². The number of amides is 1. The van der Waals surface area contributed by atoms with E-state index in [9.17, 15) is 14.4 Å². The second-order valence-corrected chi connectivity index (χ2v) is 4.63. The van der Waals surface area contributed by atoms with Gasteiger partial charge in [0.05, 0.1) is 5.39 Å². The van der Waals surface area contributed by atoms with Crippen molar-refractivity contribution in [3.63, 3.8) is 0 Å². The van der Waals surface area contributed by atoms with E-state index in [4.69, 9.17) is 5.84 Å². The molecule has 0 atom stereocenters. The summed E-state index contributed by atoms with van der Waals surface area (Å²) in [7, 11) is 0. The molecule has 0 spiro atoms. The Morgan fingerprint density at radius 1 is 1.33 bits per heavy atom. The van der Waals surface area contributed by atoms with Crippen LogP contribution in [0.2, 0.25) is 0 Å². The van der Waals surface area contributed by atoms with Crippen LogP contribution in [0.25, 0.3) is 10.1 Å². The van der Waals surface area contributed by atoms with Crippen LogP contribution in [0, 0.1) is 0 Å². The molecule has 3 N–H and O–H groups in total. The molecule has 0 radical (unpaired) electrons. The SMILES string of the molecule is NNC(=O)CCn1c(=O)sc2ccccc2c1=O. The Morgan fingerprint density at radius 2 is 2.06 bits per heavy atom. The highest BCUT2D eigenvalue weighted by atomic mass is 32.1. The maximum Gasteiger partial charge on any atom is 0.310 e. The molecule has 0 aliphatic heterocycles. The summed E-state index contributed by atoms with van der Waals surface area (Å²) in [6.45, 7) is 0.0298. The normalized spacial score (nSPS) is 10.5. The molecule has 1 aromatic heterocycles. The first-order chi connectivity index (χ1) is 8.63. The van der Waals surface area contributed by atoms with E-state index in [1.807, 2.05) is 5.43 Å². The van der Waals surface area contributed by atoms with Crippen LogP contribution in [0.4, 0.5) is 0 Å².